The summed E-state index contributed by atoms with van der Waals surface area (Å²) in [6, 6.07) is 7.58. The summed E-state index contributed by atoms with van der Waals surface area (Å²) >= 11 is 0. The van der Waals surface area contributed by atoms with Gasteiger partial charge in [0.05, 0.1) is 6.42 Å². The maximum absolute atomic E-state index is 12.4. The van der Waals surface area contributed by atoms with Crippen LogP contribution < -0.4 is 5.32 Å². The monoisotopic (exact) mass is 317 g/mol. The highest BCUT2D eigenvalue weighted by atomic mass is 16.2. The third-order valence-corrected chi connectivity index (χ3v) is 4.02. The lowest BCUT2D eigenvalue weighted by atomic mass is 10.1. The van der Waals surface area contributed by atoms with Gasteiger partial charge in [0.25, 0.3) is 0 Å². The average molecular weight is 317 g/mol. The van der Waals surface area contributed by atoms with Gasteiger partial charge in [-0.3, -0.25) is 9.59 Å². The number of carbonyl (C=O) groups is 2. The number of amides is 2. The molecule has 1 saturated heterocycles. The largest absolute Gasteiger partial charge is 0.340 e. The Morgan fingerprint density at radius 3 is 2.52 bits per heavy atom. The van der Waals surface area contributed by atoms with E-state index in [9.17, 15) is 9.59 Å². The van der Waals surface area contributed by atoms with E-state index < -0.39 is 0 Å². The van der Waals surface area contributed by atoms with Crippen LogP contribution >= 0.6 is 0 Å². The summed E-state index contributed by atoms with van der Waals surface area (Å²) in [6.45, 7) is 7.48. The normalized spacial score (nSPS) is 15.7. The van der Waals surface area contributed by atoms with Crippen LogP contribution in [-0.4, -0.2) is 54.8 Å². The van der Waals surface area contributed by atoms with Crippen molar-refractivity contribution in [2.45, 2.75) is 26.7 Å². The van der Waals surface area contributed by atoms with Gasteiger partial charge in [-0.15, -0.1) is 0 Å². The molecule has 1 N–H and O–H groups in total. The van der Waals surface area contributed by atoms with E-state index in [2.05, 4.69) is 17.3 Å². The number of hydrogen-bond donors (Lipinski definition) is 1. The summed E-state index contributed by atoms with van der Waals surface area (Å²) in [7, 11) is 2.07. The van der Waals surface area contributed by atoms with Gasteiger partial charge in [-0.1, -0.05) is 26.0 Å². The zero-order valence-corrected chi connectivity index (χ0v) is 14.3. The summed E-state index contributed by atoms with van der Waals surface area (Å²) in [4.78, 5) is 28.4. The molecule has 1 heterocycles. The van der Waals surface area contributed by atoms with E-state index in [0.29, 0.717) is 18.8 Å². The predicted molar refractivity (Wildman–Crippen MR) is 92.3 cm³/mol. The molecular weight excluding hydrogens is 290 g/mol. The molecule has 1 aliphatic rings. The molecule has 5 heteroatoms. The van der Waals surface area contributed by atoms with Crippen LogP contribution in [0.1, 0.15) is 25.8 Å². The molecule has 126 valence electrons. The molecule has 1 fully saturated rings. The van der Waals surface area contributed by atoms with Crippen molar-refractivity contribution in [2.24, 2.45) is 5.92 Å². The van der Waals surface area contributed by atoms with Gasteiger partial charge in [0.2, 0.25) is 11.8 Å². The predicted octanol–water partition coefficient (Wildman–Crippen LogP) is 1.99. The molecule has 0 radical (unpaired) electrons. The molecule has 1 aromatic carbocycles. The number of hydrogen-bond acceptors (Lipinski definition) is 3. The van der Waals surface area contributed by atoms with Crippen LogP contribution in [0.2, 0.25) is 0 Å². The molecule has 0 saturated carbocycles. The molecular formula is C18H27N3O2. The van der Waals surface area contributed by atoms with Crippen molar-refractivity contribution < 1.29 is 9.59 Å². The summed E-state index contributed by atoms with van der Waals surface area (Å²) in [5.74, 6) is 0.503. The maximum Gasteiger partial charge on any atom is 0.227 e. The molecule has 2 amide bonds. The lowest BCUT2D eigenvalue weighted by Gasteiger charge is -2.32. The van der Waals surface area contributed by atoms with Crippen LogP contribution in [0.25, 0.3) is 0 Å². The van der Waals surface area contributed by atoms with Crippen molar-refractivity contribution in [2.75, 3.05) is 38.5 Å². The lowest BCUT2D eigenvalue weighted by Crippen LogP contribution is -2.47. The second-order valence-corrected chi connectivity index (χ2v) is 6.71. The van der Waals surface area contributed by atoms with Gasteiger partial charge in [0.1, 0.15) is 0 Å². The van der Waals surface area contributed by atoms with E-state index in [0.717, 1.165) is 37.4 Å². The minimum atomic E-state index is 0.0162. The van der Waals surface area contributed by atoms with Crippen molar-refractivity contribution in [1.82, 2.24) is 9.80 Å². The minimum Gasteiger partial charge on any atom is -0.340 e. The van der Waals surface area contributed by atoms with Crippen molar-refractivity contribution in [1.29, 1.82) is 0 Å². The summed E-state index contributed by atoms with van der Waals surface area (Å²) < 4.78 is 0. The van der Waals surface area contributed by atoms with Crippen LogP contribution in [0.5, 0.6) is 0 Å². The first-order chi connectivity index (χ1) is 10.9. The number of nitrogens with zero attached hydrogens (tertiary/aromatic N) is 2. The summed E-state index contributed by atoms with van der Waals surface area (Å²) in [6.07, 6.45) is 0.891. The van der Waals surface area contributed by atoms with Gasteiger partial charge in [0.15, 0.2) is 0 Å². The Kier molecular flexibility index (Phi) is 6.16. The molecule has 1 aliphatic heterocycles. The number of carbonyl (C=O) groups excluding carboxylic acids is 2. The fourth-order valence-corrected chi connectivity index (χ4v) is 2.68. The van der Waals surface area contributed by atoms with E-state index in [1.54, 1.807) is 0 Å². The van der Waals surface area contributed by atoms with Crippen molar-refractivity contribution in [3.05, 3.63) is 29.8 Å². The zero-order chi connectivity index (χ0) is 16.8. The van der Waals surface area contributed by atoms with Gasteiger partial charge in [-0.05, 0) is 30.7 Å². The number of likely N-dealkylation sites (N-methyl/N-ethyl adjacent to an activating group) is 1. The Hall–Kier alpha value is -1.88. The molecule has 0 spiro atoms. The van der Waals surface area contributed by atoms with Gasteiger partial charge < -0.3 is 15.1 Å². The van der Waals surface area contributed by atoms with Gasteiger partial charge in [0, 0.05) is 38.3 Å². The van der Waals surface area contributed by atoms with Gasteiger partial charge in [-0.2, -0.15) is 0 Å². The Bertz CT molecular complexity index is 549. The lowest BCUT2D eigenvalue weighted by molar-refractivity contribution is -0.132. The molecule has 0 unspecified atom stereocenters. The quantitative estimate of drug-likeness (QED) is 0.903. The Labute approximate surface area is 138 Å². The first kappa shape index (κ1) is 17.5. The SMILES string of the molecule is CC(C)CC(=O)Nc1cccc(CC(=O)N2CCN(C)CC2)c1. The van der Waals surface area contributed by atoms with Crippen LogP contribution in [-0.2, 0) is 16.0 Å². The van der Waals surface area contributed by atoms with Crippen LogP contribution in [0.15, 0.2) is 24.3 Å². The maximum atomic E-state index is 12.4. The van der Waals surface area contributed by atoms with E-state index in [1.807, 2.05) is 43.0 Å². The number of piperazine rings is 1. The molecule has 0 bridgehead atoms. The molecule has 1 aromatic rings. The zero-order valence-electron chi connectivity index (χ0n) is 14.3. The second-order valence-electron chi connectivity index (χ2n) is 6.71. The fourth-order valence-electron chi connectivity index (χ4n) is 2.68. The summed E-state index contributed by atoms with van der Waals surface area (Å²) in [5, 5.41) is 2.90. The Morgan fingerprint density at radius 2 is 1.87 bits per heavy atom. The Balaban J connectivity index is 1.91. The highest BCUT2D eigenvalue weighted by molar-refractivity contribution is 5.91. The van der Waals surface area contributed by atoms with E-state index in [4.69, 9.17) is 0 Å². The third-order valence-electron chi connectivity index (χ3n) is 4.02. The van der Waals surface area contributed by atoms with E-state index in [1.165, 1.54) is 0 Å². The smallest absolute Gasteiger partial charge is 0.227 e. The molecule has 0 aromatic heterocycles. The first-order valence-electron chi connectivity index (χ1n) is 8.29. The van der Waals surface area contributed by atoms with Crippen LogP contribution in [0.3, 0.4) is 0 Å². The average Bonchev–Trinajstić information content (AvgIpc) is 2.47. The van der Waals surface area contributed by atoms with Crippen molar-refractivity contribution in [3.63, 3.8) is 0 Å². The standard InChI is InChI=1S/C18H27N3O2/c1-14(2)11-17(22)19-16-6-4-5-15(12-16)13-18(23)21-9-7-20(3)8-10-21/h4-6,12,14H,7-11,13H2,1-3H3,(H,19,22). The van der Waals surface area contributed by atoms with Gasteiger partial charge >= 0.3 is 0 Å². The van der Waals surface area contributed by atoms with Crippen LogP contribution in [0, 0.1) is 5.92 Å². The molecule has 2 rings (SSSR count). The minimum absolute atomic E-state index is 0.0162. The highest BCUT2D eigenvalue weighted by Crippen LogP contribution is 2.14. The topological polar surface area (TPSA) is 52.7 Å². The number of anilines is 1. The molecule has 0 aliphatic carbocycles. The van der Waals surface area contributed by atoms with E-state index >= 15 is 0 Å². The van der Waals surface area contributed by atoms with Gasteiger partial charge in [-0.25, -0.2) is 0 Å². The number of benzene rings is 1. The Morgan fingerprint density at radius 1 is 1.17 bits per heavy atom. The molecule has 5 nitrogen and oxygen atoms in total. The number of nitrogens with one attached hydrogen (secondary N) is 1. The van der Waals surface area contributed by atoms with Crippen molar-refractivity contribution >= 4 is 17.5 Å². The summed E-state index contributed by atoms with van der Waals surface area (Å²) in [5.41, 5.74) is 1.70. The highest BCUT2D eigenvalue weighted by Gasteiger charge is 2.19. The number of rotatable bonds is 5. The molecule has 23 heavy (non-hydrogen) atoms. The third kappa shape index (κ3) is 5.67. The second kappa shape index (κ2) is 8.11. The van der Waals surface area contributed by atoms with E-state index in [-0.39, 0.29) is 11.8 Å². The fraction of sp³-hybridized carbons (Fsp3) is 0.556. The first-order valence-corrected chi connectivity index (χ1v) is 8.29. The van der Waals surface area contributed by atoms with Crippen molar-refractivity contribution in [3.8, 4) is 0 Å². The molecule has 0 atom stereocenters. The van der Waals surface area contributed by atoms with Crippen LogP contribution in [0.4, 0.5) is 5.69 Å².